The standard InChI is InChI=1S/C20H19FN2O4/c21-15-4-2-14(3-5-15)20(7-8-20)11-23-19(25)18(24)22-10-13-1-6-16-17(9-13)27-12-26-16/h1-6,9H,7-8,10-12H2,(H,22,24)(H,23,25). The zero-order valence-corrected chi connectivity index (χ0v) is 14.6. The molecule has 1 fully saturated rings. The van der Waals surface area contributed by atoms with Gasteiger partial charge in [-0.15, -0.1) is 0 Å². The van der Waals surface area contributed by atoms with Gasteiger partial charge in [-0.3, -0.25) is 9.59 Å². The minimum Gasteiger partial charge on any atom is -0.454 e. The van der Waals surface area contributed by atoms with Crippen molar-refractivity contribution in [1.82, 2.24) is 10.6 Å². The van der Waals surface area contributed by atoms with Gasteiger partial charge in [0, 0.05) is 18.5 Å². The van der Waals surface area contributed by atoms with Crippen LogP contribution in [0.2, 0.25) is 0 Å². The molecule has 0 aromatic heterocycles. The monoisotopic (exact) mass is 370 g/mol. The number of benzene rings is 2. The van der Waals surface area contributed by atoms with Gasteiger partial charge in [0.2, 0.25) is 6.79 Å². The summed E-state index contributed by atoms with van der Waals surface area (Å²) in [6, 6.07) is 11.6. The molecule has 1 heterocycles. The van der Waals surface area contributed by atoms with Crippen LogP contribution in [0.15, 0.2) is 42.5 Å². The van der Waals surface area contributed by atoms with Crippen molar-refractivity contribution < 1.29 is 23.5 Å². The Morgan fingerprint density at radius 3 is 2.41 bits per heavy atom. The summed E-state index contributed by atoms with van der Waals surface area (Å²) in [6.07, 6.45) is 1.80. The molecule has 1 saturated carbocycles. The molecule has 140 valence electrons. The Hall–Kier alpha value is -3.09. The molecule has 2 N–H and O–H groups in total. The van der Waals surface area contributed by atoms with E-state index in [1.807, 2.05) is 0 Å². The number of halogens is 1. The summed E-state index contributed by atoms with van der Waals surface area (Å²) in [7, 11) is 0. The maximum absolute atomic E-state index is 13.1. The molecule has 2 amide bonds. The van der Waals surface area contributed by atoms with Crippen molar-refractivity contribution in [1.29, 1.82) is 0 Å². The predicted octanol–water partition coefficient (Wildman–Crippen LogP) is 2.02. The maximum Gasteiger partial charge on any atom is 0.309 e. The van der Waals surface area contributed by atoms with Crippen molar-refractivity contribution in [3.8, 4) is 11.5 Å². The molecule has 6 nitrogen and oxygen atoms in total. The quantitative estimate of drug-likeness (QED) is 0.790. The van der Waals surface area contributed by atoms with Gasteiger partial charge in [0.25, 0.3) is 0 Å². The van der Waals surface area contributed by atoms with Gasteiger partial charge >= 0.3 is 11.8 Å². The molecule has 4 rings (SSSR count). The third-order valence-corrected chi connectivity index (χ3v) is 4.99. The van der Waals surface area contributed by atoms with Crippen LogP contribution in [0.25, 0.3) is 0 Å². The van der Waals surface area contributed by atoms with E-state index in [1.54, 1.807) is 30.3 Å². The highest BCUT2D eigenvalue weighted by atomic mass is 19.1. The van der Waals surface area contributed by atoms with E-state index < -0.39 is 11.8 Å². The van der Waals surface area contributed by atoms with Gasteiger partial charge in [0.05, 0.1) is 0 Å². The zero-order valence-electron chi connectivity index (χ0n) is 14.6. The first-order valence-corrected chi connectivity index (χ1v) is 8.76. The number of rotatable bonds is 5. The van der Waals surface area contributed by atoms with Crippen LogP contribution in [0.5, 0.6) is 11.5 Å². The van der Waals surface area contributed by atoms with E-state index in [1.165, 1.54) is 12.1 Å². The highest BCUT2D eigenvalue weighted by Crippen LogP contribution is 2.47. The largest absolute Gasteiger partial charge is 0.454 e. The van der Waals surface area contributed by atoms with Crippen LogP contribution < -0.4 is 20.1 Å². The third kappa shape index (κ3) is 3.72. The van der Waals surface area contributed by atoms with Crippen molar-refractivity contribution in [3.63, 3.8) is 0 Å². The van der Waals surface area contributed by atoms with Crippen molar-refractivity contribution in [2.24, 2.45) is 0 Å². The topological polar surface area (TPSA) is 76.7 Å². The SMILES string of the molecule is O=C(NCc1ccc2c(c1)OCO2)C(=O)NCC1(c2ccc(F)cc2)CC1. The van der Waals surface area contributed by atoms with E-state index >= 15 is 0 Å². The number of carbonyl (C=O) groups excluding carboxylic acids is 2. The van der Waals surface area contributed by atoms with E-state index in [2.05, 4.69) is 10.6 Å². The lowest BCUT2D eigenvalue weighted by molar-refractivity contribution is -0.139. The molecule has 0 atom stereocenters. The minimum absolute atomic E-state index is 0.184. The Morgan fingerprint density at radius 1 is 0.963 bits per heavy atom. The van der Waals surface area contributed by atoms with E-state index in [0.717, 1.165) is 24.0 Å². The Morgan fingerprint density at radius 2 is 1.67 bits per heavy atom. The van der Waals surface area contributed by atoms with Crippen LogP contribution in [0.4, 0.5) is 4.39 Å². The van der Waals surface area contributed by atoms with E-state index in [4.69, 9.17) is 9.47 Å². The molecule has 2 aromatic rings. The van der Waals surface area contributed by atoms with Gasteiger partial charge in [0.1, 0.15) is 5.82 Å². The lowest BCUT2D eigenvalue weighted by Crippen LogP contribution is -2.42. The number of nitrogens with one attached hydrogen (secondary N) is 2. The predicted molar refractivity (Wildman–Crippen MR) is 94.7 cm³/mol. The molecule has 0 radical (unpaired) electrons. The van der Waals surface area contributed by atoms with Crippen LogP contribution >= 0.6 is 0 Å². The van der Waals surface area contributed by atoms with Gasteiger partial charge in [0.15, 0.2) is 11.5 Å². The van der Waals surface area contributed by atoms with Crippen LogP contribution in [0, 0.1) is 5.82 Å². The molecule has 1 aliphatic heterocycles. The fourth-order valence-corrected chi connectivity index (χ4v) is 3.17. The van der Waals surface area contributed by atoms with Crippen LogP contribution in [-0.2, 0) is 21.5 Å². The van der Waals surface area contributed by atoms with Gasteiger partial charge in [-0.05, 0) is 48.2 Å². The van der Waals surface area contributed by atoms with E-state index in [-0.39, 0.29) is 24.6 Å². The molecule has 0 bridgehead atoms. The van der Waals surface area contributed by atoms with Crippen molar-refractivity contribution in [2.75, 3.05) is 13.3 Å². The molecule has 0 spiro atoms. The first-order valence-electron chi connectivity index (χ1n) is 8.76. The zero-order chi connectivity index (χ0) is 18.9. The summed E-state index contributed by atoms with van der Waals surface area (Å²) in [5, 5.41) is 5.28. The summed E-state index contributed by atoms with van der Waals surface area (Å²) < 4.78 is 23.6. The van der Waals surface area contributed by atoms with Crippen molar-refractivity contribution in [2.45, 2.75) is 24.8 Å². The average Bonchev–Trinajstić information content (AvgIpc) is 3.33. The van der Waals surface area contributed by atoms with Gasteiger partial charge in [-0.25, -0.2) is 4.39 Å². The van der Waals surface area contributed by atoms with E-state index in [9.17, 15) is 14.0 Å². The lowest BCUT2D eigenvalue weighted by Gasteiger charge is -2.16. The molecule has 27 heavy (non-hydrogen) atoms. The Labute approximate surface area is 155 Å². The molecule has 7 heteroatoms. The summed E-state index contributed by atoms with van der Waals surface area (Å²) in [4.78, 5) is 24.1. The molecule has 0 saturated heterocycles. The van der Waals surface area contributed by atoms with Crippen LogP contribution in [0.1, 0.15) is 24.0 Å². The molecular weight excluding hydrogens is 351 g/mol. The molecule has 2 aromatic carbocycles. The fourth-order valence-electron chi connectivity index (χ4n) is 3.17. The molecule has 1 aliphatic carbocycles. The summed E-state index contributed by atoms with van der Waals surface area (Å²) in [5.74, 6) is -0.368. The second kappa shape index (κ2) is 6.90. The average molecular weight is 370 g/mol. The highest BCUT2D eigenvalue weighted by molar-refractivity contribution is 6.35. The Balaban J connectivity index is 1.28. The Kier molecular flexibility index (Phi) is 4.43. The molecule has 2 aliphatic rings. The van der Waals surface area contributed by atoms with Crippen LogP contribution in [-0.4, -0.2) is 25.2 Å². The number of hydrogen-bond donors (Lipinski definition) is 2. The first-order chi connectivity index (χ1) is 13.1. The number of ether oxygens (including phenoxy) is 2. The summed E-state index contributed by atoms with van der Waals surface area (Å²) >= 11 is 0. The fraction of sp³-hybridized carbons (Fsp3) is 0.300. The lowest BCUT2D eigenvalue weighted by atomic mass is 9.96. The number of carbonyl (C=O) groups is 2. The second-order valence-electron chi connectivity index (χ2n) is 6.84. The summed E-state index contributed by atoms with van der Waals surface area (Å²) in [5.41, 5.74) is 1.59. The maximum atomic E-state index is 13.1. The van der Waals surface area contributed by atoms with Crippen LogP contribution in [0.3, 0.4) is 0 Å². The van der Waals surface area contributed by atoms with Crippen molar-refractivity contribution >= 4 is 11.8 Å². The number of amides is 2. The normalized spacial score (nSPS) is 15.9. The highest BCUT2D eigenvalue weighted by Gasteiger charge is 2.44. The summed E-state index contributed by atoms with van der Waals surface area (Å²) in [6.45, 7) is 0.754. The third-order valence-electron chi connectivity index (χ3n) is 4.99. The van der Waals surface area contributed by atoms with E-state index in [0.29, 0.717) is 18.0 Å². The smallest absolute Gasteiger partial charge is 0.309 e. The number of hydrogen-bond acceptors (Lipinski definition) is 4. The molecular formula is C20H19FN2O4. The van der Waals surface area contributed by atoms with Gasteiger partial charge in [-0.2, -0.15) is 0 Å². The first kappa shape index (κ1) is 17.3. The molecule has 0 unspecified atom stereocenters. The van der Waals surface area contributed by atoms with Gasteiger partial charge < -0.3 is 20.1 Å². The van der Waals surface area contributed by atoms with Crippen molar-refractivity contribution in [3.05, 3.63) is 59.4 Å². The second-order valence-corrected chi connectivity index (χ2v) is 6.84. The Bertz CT molecular complexity index is 878. The minimum atomic E-state index is -0.692. The number of fused-ring (bicyclic) bond motifs is 1. The van der Waals surface area contributed by atoms with Gasteiger partial charge in [-0.1, -0.05) is 18.2 Å².